The third kappa shape index (κ3) is 1.86. The van der Waals surface area contributed by atoms with Gasteiger partial charge in [-0.05, 0) is 36.5 Å². The van der Waals surface area contributed by atoms with Gasteiger partial charge in [0.1, 0.15) is 11.5 Å². The van der Waals surface area contributed by atoms with E-state index in [0.717, 1.165) is 5.76 Å². The number of hydrogen-bond acceptors (Lipinski definition) is 2. The highest BCUT2D eigenvalue weighted by atomic mass is 16.5. The molecule has 0 spiro atoms. The van der Waals surface area contributed by atoms with Crippen molar-refractivity contribution in [1.82, 2.24) is 0 Å². The standard InChI is InChI=1S/C15H20O2/c1-10(2)12-9-14(16)15(3)8-7-11(17-4)5-6-13(12)15/h5-8,10,12H,9H2,1-4H3/t12-,15+/m0/s1. The molecule has 2 aliphatic carbocycles. The van der Waals surface area contributed by atoms with Crippen LogP contribution in [0.1, 0.15) is 27.2 Å². The number of rotatable bonds is 2. The molecule has 0 amide bonds. The first kappa shape index (κ1) is 12.2. The van der Waals surface area contributed by atoms with Crippen molar-refractivity contribution < 1.29 is 9.53 Å². The van der Waals surface area contributed by atoms with Crippen LogP contribution < -0.4 is 0 Å². The number of ketones is 1. The van der Waals surface area contributed by atoms with E-state index in [1.165, 1.54) is 5.57 Å². The summed E-state index contributed by atoms with van der Waals surface area (Å²) in [5.41, 5.74) is 0.812. The van der Waals surface area contributed by atoms with Crippen molar-refractivity contribution >= 4 is 5.78 Å². The Morgan fingerprint density at radius 1 is 1.41 bits per heavy atom. The maximum atomic E-state index is 12.2. The maximum Gasteiger partial charge on any atom is 0.147 e. The lowest BCUT2D eigenvalue weighted by Gasteiger charge is -2.23. The predicted octanol–water partition coefficient (Wildman–Crippen LogP) is 3.26. The number of carbonyl (C=O) groups is 1. The molecule has 0 aromatic heterocycles. The maximum absolute atomic E-state index is 12.2. The summed E-state index contributed by atoms with van der Waals surface area (Å²) in [7, 11) is 1.65. The van der Waals surface area contributed by atoms with Crippen LogP contribution in [0.25, 0.3) is 0 Å². The van der Waals surface area contributed by atoms with Gasteiger partial charge in [0.2, 0.25) is 0 Å². The summed E-state index contributed by atoms with van der Waals surface area (Å²) >= 11 is 0. The van der Waals surface area contributed by atoms with Gasteiger partial charge in [0.15, 0.2) is 0 Å². The third-order valence-corrected chi connectivity index (χ3v) is 4.03. The number of methoxy groups -OCH3 is 1. The van der Waals surface area contributed by atoms with Crippen molar-refractivity contribution in [2.75, 3.05) is 7.11 Å². The fraction of sp³-hybridized carbons (Fsp3) is 0.533. The molecule has 2 atom stereocenters. The molecule has 2 heteroatoms. The van der Waals surface area contributed by atoms with Crippen LogP contribution in [-0.4, -0.2) is 12.9 Å². The lowest BCUT2D eigenvalue weighted by Crippen LogP contribution is -2.21. The zero-order chi connectivity index (χ0) is 12.6. The highest BCUT2D eigenvalue weighted by Crippen LogP contribution is 2.48. The molecule has 0 bridgehead atoms. The number of hydrogen-bond donors (Lipinski definition) is 0. The molecule has 92 valence electrons. The van der Waals surface area contributed by atoms with Crippen LogP contribution in [0.3, 0.4) is 0 Å². The molecule has 0 saturated heterocycles. The molecular weight excluding hydrogens is 212 g/mol. The summed E-state index contributed by atoms with van der Waals surface area (Å²) in [6, 6.07) is 0. The molecule has 0 aliphatic heterocycles. The quantitative estimate of drug-likeness (QED) is 0.730. The Hall–Kier alpha value is -1.31. The summed E-state index contributed by atoms with van der Waals surface area (Å²) in [4.78, 5) is 12.2. The van der Waals surface area contributed by atoms with E-state index in [0.29, 0.717) is 24.0 Å². The number of fused-ring (bicyclic) bond motifs is 1. The smallest absolute Gasteiger partial charge is 0.147 e. The van der Waals surface area contributed by atoms with Gasteiger partial charge in [-0.25, -0.2) is 0 Å². The largest absolute Gasteiger partial charge is 0.497 e. The van der Waals surface area contributed by atoms with Gasteiger partial charge in [0.05, 0.1) is 12.5 Å². The fourth-order valence-corrected chi connectivity index (χ4v) is 2.76. The number of ether oxygens (including phenoxy) is 1. The van der Waals surface area contributed by atoms with E-state index in [2.05, 4.69) is 19.9 Å². The van der Waals surface area contributed by atoms with Crippen molar-refractivity contribution in [2.45, 2.75) is 27.2 Å². The normalized spacial score (nSPS) is 32.1. The van der Waals surface area contributed by atoms with Gasteiger partial charge in [-0.2, -0.15) is 0 Å². The SMILES string of the molecule is COC1=CC=C2[C@H](C(C)C)CC(=O)[C@]2(C)C=C1. The van der Waals surface area contributed by atoms with Crippen LogP contribution >= 0.6 is 0 Å². The minimum Gasteiger partial charge on any atom is -0.497 e. The first-order valence-corrected chi connectivity index (χ1v) is 6.18. The van der Waals surface area contributed by atoms with Gasteiger partial charge < -0.3 is 4.74 Å². The number of allylic oxidation sites excluding steroid dienone is 5. The first-order valence-electron chi connectivity index (χ1n) is 6.18. The van der Waals surface area contributed by atoms with Crippen molar-refractivity contribution in [1.29, 1.82) is 0 Å². The van der Waals surface area contributed by atoms with Crippen molar-refractivity contribution in [2.24, 2.45) is 17.3 Å². The summed E-state index contributed by atoms with van der Waals surface area (Å²) in [5.74, 6) is 2.00. The summed E-state index contributed by atoms with van der Waals surface area (Å²) in [5, 5.41) is 0. The Bertz CT molecular complexity index is 426. The lowest BCUT2D eigenvalue weighted by atomic mass is 9.79. The summed E-state index contributed by atoms with van der Waals surface area (Å²) in [6.45, 7) is 6.38. The molecule has 1 saturated carbocycles. The average Bonchev–Trinajstić information content (AvgIpc) is 2.45. The van der Waals surface area contributed by atoms with E-state index in [1.807, 2.05) is 25.2 Å². The molecule has 0 aromatic rings. The second-order valence-corrected chi connectivity index (χ2v) is 5.41. The van der Waals surface area contributed by atoms with E-state index >= 15 is 0 Å². The van der Waals surface area contributed by atoms with Gasteiger partial charge in [-0.3, -0.25) is 4.79 Å². The van der Waals surface area contributed by atoms with Gasteiger partial charge >= 0.3 is 0 Å². The van der Waals surface area contributed by atoms with Crippen LogP contribution in [-0.2, 0) is 9.53 Å². The van der Waals surface area contributed by atoms with E-state index in [-0.39, 0.29) is 0 Å². The van der Waals surface area contributed by atoms with Crippen LogP contribution in [0, 0.1) is 17.3 Å². The fourth-order valence-electron chi connectivity index (χ4n) is 2.76. The molecule has 0 N–H and O–H groups in total. The molecule has 1 fully saturated rings. The molecule has 2 nitrogen and oxygen atoms in total. The minimum atomic E-state index is -0.425. The zero-order valence-corrected chi connectivity index (χ0v) is 11.0. The molecule has 0 aromatic carbocycles. The Kier molecular flexibility index (Phi) is 2.98. The van der Waals surface area contributed by atoms with Crippen LogP contribution in [0.2, 0.25) is 0 Å². The van der Waals surface area contributed by atoms with Gasteiger partial charge in [0.25, 0.3) is 0 Å². The second kappa shape index (κ2) is 4.17. The topological polar surface area (TPSA) is 26.3 Å². The molecule has 2 aliphatic rings. The molecule has 0 radical (unpaired) electrons. The first-order chi connectivity index (χ1) is 7.99. The zero-order valence-electron chi connectivity index (χ0n) is 11.0. The molecule has 0 unspecified atom stereocenters. The van der Waals surface area contributed by atoms with Crippen molar-refractivity contribution in [3.63, 3.8) is 0 Å². The Morgan fingerprint density at radius 3 is 2.71 bits per heavy atom. The van der Waals surface area contributed by atoms with E-state index in [1.54, 1.807) is 7.11 Å². The lowest BCUT2D eigenvalue weighted by molar-refractivity contribution is -0.122. The second-order valence-electron chi connectivity index (χ2n) is 5.41. The van der Waals surface area contributed by atoms with Gasteiger partial charge in [-0.15, -0.1) is 0 Å². The number of Topliss-reactive ketones (excluding diaryl/α,β-unsaturated/α-hetero) is 1. The van der Waals surface area contributed by atoms with Crippen LogP contribution in [0.15, 0.2) is 35.6 Å². The third-order valence-electron chi connectivity index (χ3n) is 4.03. The highest BCUT2D eigenvalue weighted by Gasteiger charge is 2.46. The monoisotopic (exact) mass is 232 g/mol. The van der Waals surface area contributed by atoms with Crippen molar-refractivity contribution in [3.8, 4) is 0 Å². The Balaban J connectivity index is 2.47. The average molecular weight is 232 g/mol. The van der Waals surface area contributed by atoms with Gasteiger partial charge in [-0.1, -0.05) is 26.0 Å². The number of carbonyl (C=O) groups excluding carboxylic acids is 1. The van der Waals surface area contributed by atoms with Gasteiger partial charge in [0, 0.05) is 6.42 Å². The Morgan fingerprint density at radius 2 is 2.12 bits per heavy atom. The minimum absolute atomic E-state index is 0.324. The Labute approximate surface area is 103 Å². The molecular formula is C15H20O2. The van der Waals surface area contributed by atoms with E-state index < -0.39 is 5.41 Å². The molecule has 17 heavy (non-hydrogen) atoms. The summed E-state index contributed by atoms with van der Waals surface area (Å²) in [6.07, 6.45) is 8.61. The van der Waals surface area contributed by atoms with Crippen LogP contribution in [0.4, 0.5) is 0 Å². The summed E-state index contributed by atoms with van der Waals surface area (Å²) < 4.78 is 5.23. The molecule has 0 heterocycles. The highest BCUT2D eigenvalue weighted by molar-refractivity contribution is 5.93. The van der Waals surface area contributed by atoms with E-state index in [4.69, 9.17) is 4.74 Å². The van der Waals surface area contributed by atoms with Crippen LogP contribution in [0.5, 0.6) is 0 Å². The van der Waals surface area contributed by atoms with E-state index in [9.17, 15) is 4.79 Å². The predicted molar refractivity (Wildman–Crippen MR) is 68.4 cm³/mol. The van der Waals surface area contributed by atoms with Crippen molar-refractivity contribution in [3.05, 3.63) is 35.6 Å². The molecule has 2 rings (SSSR count).